The second-order valence-corrected chi connectivity index (χ2v) is 16.1. The van der Waals surface area contributed by atoms with Crippen molar-refractivity contribution < 1.29 is 14.2 Å². The van der Waals surface area contributed by atoms with E-state index >= 15 is 0 Å². The molecule has 2 heterocycles. The average Bonchev–Trinajstić information content (AvgIpc) is 3.36. The first-order valence-electron chi connectivity index (χ1n) is 12.6. The van der Waals surface area contributed by atoms with Crippen LogP contribution in [0.5, 0.6) is 11.6 Å². The zero-order valence-electron chi connectivity index (χ0n) is 21.5. The summed E-state index contributed by atoms with van der Waals surface area (Å²) in [6, 6.07) is 16.7. The highest BCUT2D eigenvalue weighted by Gasteiger charge is 2.23. The van der Waals surface area contributed by atoms with Crippen LogP contribution in [0, 0.1) is 0 Å². The van der Waals surface area contributed by atoms with Crippen molar-refractivity contribution in [2.45, 2.75) is 58.4 Å². The van der Waals surface area contributed by atoms with Crippen LogP contribution in [0.2, 0.25) is 25.7 Å². The fraction of sp³-hybridized carbons (Fsp3) is 0.464. The van der Waals surface area contributed by atoms with Crippen molar-refractivity contribution in [2.24, 2.45) is 0 Å². The fourth-order valence-corrected chi connectivity index (χ4v) is 5.19. The normalized spacial score (nSPS) is 14.5. The molecule has 0 N–H and O–H groups in total. The number of hydrogen-bond acceptors (Lipinski definition) is 5. The van der Waals surface area contributed by atoms with Crippen LogP contribution < -0.4 is 14.9 Å². The standard InChI is InChI=1S/C28H38N2O4Si/c1-32-23-13-11-22(12-14-23)20-34-28-25(19-29-15-7-8-16-29)27(31)24-9-5-6-10-26(24)30(28)21-33-17-18-35(2,3)4/h5-6,9-14H,7-8,15-21H2,1-4H3. The van der Waals surface area contributed by atoms with Gasteiger partial charge in [0.2, 0.25) is 5.88 Å². The van der Waals surface area contributed by atoms with Gasteiger partial charge in [-0.25, -0.2) is 0 Å². The van der Waals surface area contributed by atoms with Gasteiger partial charge in [0.15, 0.2) is 5.43 Å². The number of aromatic nitrogens is 1. The van der Waals surface area contributed by atoms with E-state index in [-0.39, 0.29) is 5.43 Å². The Morgan fingerprint density at radius 3 is 2.37 bits per heavy atom. The van der Waals surface area contributed by atoms with E-state index in [1.165, 1.54) is 12.8 Å². The number of benzene rings is 2. The van der Waals surface area contributed by atoms with Gasteiger partial charge in [-0.2, -0.15) is 0 Å². The molecule has 1 saturated heterocycles. The van der Waals surface area contributed by atoms with Crippen molar-refractivity contribution in [1.82, 2.24) is 9.47 Å². The van der Waals surface area contributed by atoms with Gasteiger partial charge in [0.1, 0.15) is 19.1 Å². The molecule has 6 nitrogen and oxygen atoms in total. The van der Waals surface area contributed by atoms with Crippen LogP contribution in [0.3, 0.4) is 0 Å². The molecule has 3 aromatic rings. The monoisotopic (exact) mass is 494 g/mol. The summed E-state index contributed by atoms with van der Waals surface area (Å²) in [7, 11) is 0.452. The summed E-state index contributed by atoms with van der Waals surface area (Å²) >= 11 is 0. The molecule has 2 aromatic carbocycles. The van der Waals surface area contributed by atoms with Gasteiger partial charge in [0.25, 0.3) is 0 Å². The zero-order chi connectivity index (χ0) is 24.8. The minimum Gasteiger partial charge on any atom is -0.497 e. The molecule has 0 bridgehead atoms. The lowest BCUT2D eigenvalue weighted by molar-refractivity contribution is 0.0807. The fourth-order valence-electron chi connectivity index (χ4n) is 4.44. The highest BCUT2D eigenvalue weighted by molar-refractivity contribution is 6.76. The van der Waals surface area contributed by atoms with Crippen LogP contribution in [0.1, 0.15) is 24.0 Å². The number of fused-ring (bicyclic) bond motifs is 1. The molecule has 4 rings (SSSR count). The summed E-state index contributed by atoms with van der Waals surface area (Å²) in [5, 5.41) is 0.715. The number of rotatable bonds is 11. The van der Waals surface area contributed by atoms with E-state index in [0.29, 0.717) is 43.3 Å². The molecule has 7 heteroatoms. The van der Waals surface area contributed by atoms with Gasteiger partial charge in [0.05, 0.1) is 18.2 Å². The van der Waals surface area contributed by atoms with Crippen LogP contribution in [-0.2, 0) is 24.6 Å². The van der Waals surface area contributed by atoms with Crippen LogP contribution in [0.25, 0.3) is 10.9 Å². The first-order chi connectivity index (χ1) is 16.9. The smallest absolute Gasteiger partial charge is 0.204 e. The molecule has 0 unspecified atom stereocenters. The summed E-state index contributed by atoms with van der Waals surface area (Å²) < 4.78 is 20.0. The Kier molecular flexibility index (Phi) is 8.31. The van der Waals surface area contributed by atoms with Crippen LogP contribution >= 0.6 is 0 Å². The number of para-hydroxylation sites is 1. The zero-order valence-corrected chi connectivity index (χ0v) is 22.5. The van der Waals surface area contributed by atoms with Crippen molar-refractivity contribution in [2.75, 3.05) is 26.8 Å². The maximum Gasteiger partial charge on any atom is 0.204 e. The number of nitrogens with zero attached hydrogens (tertiary/aromatic N) is 2. The van der Waals surface area contributed by atoms with E-state index in [0.717, 1.165) is 36.0 Å². The van der Waals surface area contributed by atoms with Crippen molar-refractivity contribution >= 4 is 19.0 Å². The molecule has 0 saturated carbocycles. The second kappa shape index (κ2) is 11.4. The number of methoxy groups -OCH3 is 1. The molecule has 188 valence electrons. The van der Waals surface area contributed by atoms with E-state index in [1.54, 1.807) is 7.11 Å². The minimum atomic E-state index is -1.21. The molecule has 1 aliphatic heterocycles. The van der Waals surface area contributed by atoms with E-state index < -0.39 is 8.07 Å². The topological polar surface area (TPSA) is 52.9 Å². The molecule has 0 radical (unpaired) electrons. The molecule has 0 spiro atoms. The van der Waals surface area contributed by atoms with Gasteiger partial charge >= 0.3 is 0 Å². The third-order valence-electron chi connectivity index (χ3n) is 6.55. The molecule has 0 aliphatic carbocycles. The van der Waals surface area contributed by atoms with Gasteiger partial charge in [-0.05, 0) is 61.8 Å². The van der Waals surface area contributed by atoms with Crippen LogP contribution in [0.4, 0.5) is 0 Å². The van der Waals surface area contributed by atoms with Crippen molar-refractivity contribution in [3.05, 3.63) is 69.9 Å². The maximum absolute atomic E-state index is 13.7. The molecular formula is C28H38N2O4Si. The molecule has 1 aromatic heterocycles. The third kappa shape index (κ3) is 6.54. The first kappa shape index (κ1) is 25.5. The number of likely N-dealkylation sites (tertiary alicyclic amines) is 1. The maximum atomic E-state index is 13.7. The van der Waals surface area contributed by atoms with Crippen molar-refractivity contribution in [1.29, 1.82) is 0 Å². The Morgan fingerprint density at radius 1 is 0.971 bits per heavy atom. The van der Waals surface area contributed by atoms with E-state index in [2.05, 4.69) is 29.1 Å². The van der Waals surface area contributed by atoms with Crippen molar-refractivity contribution in [3.63, 3.8) is 0 Å². The Labute approximate surface area is 209 Å². The van der Waals surface area contributed by atoms with Gasteiger partial charge in [0, 0.05) is 26.6 Å². The third-order valence-corrected chi connectivity index (χ3v) is 8.25. The summed E-state index contributed by atoms with van der Waals surface area (Å²) in [6.45, 7) is 11.1. The van der Waals surface area contributed by atoms with Crippen LogP contribution in [-0.4, -0.2) is 44.3 Å². The largest absolute Gasteiger partial charge is 0.497 e. The second-order valence-electron chi connectivity index (χ2n) is 10.5. The molecule has 0 amide bonds. The highest BCUT2D eigenvalue weighted by atomic mass is 28.3. The molecule has 1 fully saturated rings. The van der Waals surface area contributed by atoms with Gasteiger partial charge in [-0.1, -0.05) is 43.9 Å². The van der Waals surface area contributed by atoms with Gasteiger partial charge in [-0.3, -0.25) is 14.3 Å². The lowest BCUT2D eigenvalue weighted by Crippen LogP contribution is -2.27. The number of pyridine rings is 1. The highest BCUT2D eigenvalue weighted by Crippen LogP contribution is 2.27. The molecular weight excluding hydrogens is 456 g/mol. The Morgan fingerprint density at radius 2 is 1.69 bits per heavy atom. The van der Waals surface area contributed by atoms with E-state index in [4.69, 9.17) is 14.2 Å². The molecule has 1 aliphatic rings. The average molecular weight is 495 g/mol. The number of ether oxygens (including phenoxy) is 3. The summed E-state index contributed by atoms with van der Waals surface area (Å²) in [5.74, 6) is 1.42. The Balaban J connectivity index is 1.71. The summed E-state index contributed by atoms with van der Waals surface area (Å²) in [4.78, 5) is 16.0. The lowest BCUT2D eigenvalue weighted by Gasteiger charge is -2.24. The quantitative estimate of drug-likeness (QED) is 0.260. The van der Waals surface area contributed by atoms with Crippen molar-refractivity contribution in [3.8, 4) is 11.6 Å². The van der Waals surface area contributed by atoms with E-state index in [1.807, 2.05) is 48.5 Å². The predicted octanol–water partition coefficient (Wildman–Crippen LogP) is 5.50. The van der Waals surface area contributed by atoms with Crippen LogP contribution in [0.15, 0.2) is 53.3 Å². The molecule has 35 heavy (non-hydrogen) atoms. The Bertz CT molecular complexity index is 1180. The van der Waals surface area contributed by atoms with Gasteiger partial charge < -0.3 is 14.2 Å². The SMILES string of the molecule is COc1ccc(COc2c(CN3CCCC3)c(=O)c3ccccc3n2COCC[Si](C)(C)C)cc1. The van der Waals surface area contributed by atoms with Gasteiger partial charge in [-0.15, -0.1) is 0 Å². The summed E-state index contributed by atoms with van der Waals surface area (Å²) in [6.07, 6.45) is 2.34. The Hall–Kier alpha value is -2.61. The first-order valence-corrected chi connectivity index (χ1v) is 16.3. The van der Waals surface area contributed by atoms with E-state index in [9.17, 15) is 4.79 Å². The lowest BCUT2D eigenvalue weighted by atomic mass is 10.1. The number of hydrogen-bond donors (Lipinski definition) is 0. The summed E-state index contributed by atoms with van der Waals surface area (Å²) in [5.41, 5.74) is 2.63. The predicted molar refractivity (Wildman–Crippen MR) is 144 cm³/mol. The molecule has 0 atom stereocenters. The minimum absolute atomic E-state index is 0.0515.